The van der Waals surface area contributed by atoms with E-state index < -0.39 is 0 Å². The van der Waals surface area contributed by atoms with Crippen molar-refractivity contribution in [2.24, 2.45) is 5.92 Å². The van der Waals surface area contributed by atoms with E-state index in [-0.39, 0.29) is 24.0 Å². The van der Waals surface area contributed by atoms with Gasteiger partial charge in [0.25, 0.3) is 0 Å². The van der Waals surface area contributed by atoms with E-state index in [2.05, 4.69) is 0 Å². The first-order valence-electron chi connectivity index (χ1n) is 4.26. The zero-order valence-corrected chi connectivity index (χ0v) is 9.21. The summed E-state index contributed by atoms with van der Waals surface area (Å²) < 4.78 is 0.955. The topological polar surface area (TPSA) is 9.23 Å². The van der Waals surface area contributed by atoms with E-state index in [0.29, 0.717) is 0 Å². The molecule has 3 heteroatoms. The molecule has 0 unspecified atom stereocenters. The third-order valence-corrected chi connectivity index (χ3v) is 3.22. The molecule has 0 aromatic carbocycles. The van der Waals surface area contributed by atoms with Crippen LogP contribution in [-0.4, -0.2) is 31.4 Å². The molecular formula is C8H16INO. The highest BCUT2D eigenvalue weighted by atomic mass is 127. The van der Waals surface area contributed by atoms with Gasteiger partial charge in [-0.05, 0) is 5.92 Å². The second kappa shape index (κ2) is 3.58. The Hall–Kier alpha value is 0.650. The van der Waals surface area contributed by atoms with Crippen LogP contribution in [0.3, 0.4) is 0 Å². The van der Waals surface area contributed by atoms with E-state index in [1.165, 1.54) is 38.9 Å². The average molecular weight is 269 g/mol. The highest BCUT2D eigenvalue weighted by molar-refractivity contribution is 4.68. The lowest BCUT2D eigenvalue weighted by Gasteiger charge is -2.45. The number of hydrogen-bond acceptors (Lipinski definition) is 1. The summed E-state index contributed by atoms with van der Waals surface area (Å²) in [6, 6.07) is 0. The van der Waals surface area contributed by atoms with Gasteiger partial charge >= 0.3 is 0 Å². The average Bonchev–Trinajstić information content (AvgIpc) is 2.08. The quantitative estimate of drug-likeness (QED) is 0.402. The van der Waals surface area contributed by atoms with Crippen molar-refractivity contribution in [3.8, 4) is 0 Å². The Morgan fingerprint density at radius 3 is 1.82 bits per heavy atom. The Labute approximate surface area is 85.5 Å². The molecular weight excluding hydrogens is 253 g/mol. The van der Waals surface area contributed by atoms with Gasteiger partial charge in [0.1, 0.15) is 19.6 Å². The summed E-state index contributed by atoms with van der Waals surface area (Å²) in [5, 5.41) is 0. The summed E-state index contributed by atoms with van der Waals surface area (Å²) in [5.74, 6) is 1.04. The van der Waals surface area contributed by atoms with E-state index in [0.717, 1.165) is 10.6 Å². The molecule has 0 saturated carbocycles. The van der Waals surface area contributed by atoms with Crippen molar-refractivity contribution in [3.63, 3.8) is 0 Å². The molecule has 66 valence electrons. The predicted molar refractivity (Wildman–Crippen MR) is 39.2 cm³/mol. The highest BCUT2D eigenvalue weighted by Crippen LogP contribution is 2.33. The second-order valence-corrected chi connectivity index (χ2v) is 3.64. The van der Waals surface area contributed by atoms with Crippen molar-refractivity contribution in [1.29, 1.82) is 0 Å². The van der Waals surface area contributed by atoms with Gasteiger partial charge in [-0.25, -0.2) is 4.84 Å². The third-order valence-electron chi connectivity index (χ3n) is 3.22. The van der Waals surface area contributed by atoms with Gasteiger partial charge in [0, 0.05) is 19.3 Å². The summed E-state index contributed by atoms with van der Waals surface area (Å²) in [6.45, 7) is 3.80. The van der Waals surface area contributed by atoms with Gasteiger partial charge in [-0.2, -0.15) is 4.65 Å². The molecule has 3 heterocycles. The highest BCUT2D eigenvalue weighted by Gasteiger charge is 2.40. The van der Waals surface area contributed by atoms with Crippen molar-refractivity contribution >= 4 is 0 Å². The number of rotatable bonds is 1. The van der Waals surface area contributed by atoms with Crippen molar-refractivity contribution in [2.45, 2.75) is 19.3 Å². The Kier molecular flexibility index (Phi) is 3.17. The molecule has 0 aliphatic carbocycles. The Morgan fingerprint density at radius 2 is 1.55 bits per heavy atom. The number of hydroxylamine groups is 3. The monoisotopic (exact) mass is 269 g/mol. The van der Waals surface area contributed by atoms with E-state index in [9.17, 15) is 0 Å². The fourth-order valence-electron chi connectivity index (χ4n) is 2.30. The van der Waals surface area contributed by atoms with Gasteiger partial charge in [-0.3, -0.25) is 0 Å². The molecule has 3 fully saturated rings. The lowest BCUT2D eigenvalue weighted by molar-refractivity contribution is -1.11. The van der Waals surface area contributed by atoms with Gasteiger partial charge in [0.15, 0.2) is 0 Å². The minimum absolute atomic E-state index is 0. The van der Waals surface area contributed by atoms with Gasteiger partial charge in [0.2, 0.25) is 0 Å². The molecule has 0 N–H and O–H groups in total. The van der Waals surface area contributed by atoms with Gasteiger partial charge in [0.05, 0.1) is 7.11 Å². The van der Waals surface area contributed by atoms with Crippen LogP contribution in [0.4, 0.5) is 0 Å². The molecule has 0 amide bonds. The Balaban J connectivity index is 0.000000605. The normalized spacial score (nSPS) is 41.7. The van der Waals surface area contributed by atoms with Crippen LogP contribution >= 0.6 is 0 Å². The largest absolute Gasteiger partial charge is 1.00 e. The van der Waals surface area contributed by atoms with Crippen molar-refractivity contribution in [2.75, 3.05) is 26.7 Å². The van der Waals surface area contributed by atoms with E-state index >= 15 is 0 Å². The van der Waals surface area contributed by atoms with Crippen molar-refractivity contribution in [3.05, 3.63) is 0 Å². The predicted octanol–water partition coefficient (Wildman–Crippen LogP) is -1.82. The fourth-order valence-corrected chi connectivity index (χ4v) is 2.30. The molecule has 3 rings (SSSR count). The number of hydrogen-bond donors (Lipinski definition) is 0. The van der Waals surface area contributed by atoms with Gasteiger partial charge < -0.3 is 24.0 Å². The standard InChI is InChI=1S/C8H16NO.HI/c1-10-9-5-2-8(3-6-9)4-7-9;/h8H,2-7H2,1H3;1H/q+1;/p-1. The molecule has 0 radical (unpaired) electrons. The van der Waals surface area contributed by atoms with Crippen molar-refractivity contribution < 1.29 is 33.5 Å². The van der Waals surface area contributed by atoms with Crippen LogP contribution < -0.4 is 24.0 Å². The zero-order valence-electron chi connectivity index (χ0n) is 7.05. The molecule has 0 atom stereocenters. The van der Waals surface area contributed by atoms with Gasteiger partial charge in [-0.15, -0.1) is 0 Å². The number of nitrogens with zero attached hydrogens (tertiary/aromatic N) is 1. The van der Waals surface area contributed by atoms with Crippen LogP contribution in [0.2, 0.25) is 0 Å². The first kappa shape index (κ1) is 9.74. The lowest BCUT2D eigenvalue weighted by atomic mass is 9.88. The van der Waals surface area contributed by atoms with Crippen LogP contribution in [-0.2, 0) is 4.84 Å². The van der Waals surface area contributed by atoms with Crippen molar-refractivity contribution in [1.82, 2.24) is 0 Å². The van der Waals surface area contributed by atoms with Crippen LogP contribution in [0.15, 0.2) is 0 Å². The summed E-state index contributed by atoms with van der Waals surface area (Å²) >= 11 is 0. The maximum atomic E-state index is 5.50. The maximum Gasteiger partial charge on any atom is 0.109 e. The van der Waals surface area contributed by atoms with E-state index in [1.807, 2.05) is 7.11 Å². The summed E-state index contributed by atoms with van der Waals surface area (Å²) in [7, 11) is 1.85. The van der Waals surface area contributed by atoms with Crippen LogP contribution in [0.5, 0.6) is 0 Å². The fraction of sp³-hybridized carbons (Fsp3) is 1.00. The minimum Gasteiger partial charge on any atom is -1.00 e. The molecule has 3 aliphatic heterocycles. The smallest absolute Gasteiger partial charge is 0.109 e. The molecule has 0 aromatic rings. The van der Waals surface area contributed by atoms with Crippen LogP contribution in [0.25, 0.3) is 0 Å². The number of piperidine rings is 3. The Morgan fingerprint density at radius 1 is 1.09 bits per heavy atom. The number of quaternary nitrogens is 1. The zero-order chi connectivity index (χ0) is 7.03. The van der Waals surface area contributed by atoms with Crippen LogP contribution in [0.1, 0.15) is 19.3 Å². The summed E-state index contributed by atoms with van der Waals surface area (Å²) in [5.41, 5.74) is 0. The third kappa shape index (κ3) is 1.70. The second-order valence-electron chi connectivity index (χ2n) is 3.64. The molecule has 2 nitrogen and oxygen atoms in total. The molecule has 2 bridgehead atoms. The van der Waals surface area contributed by atoms with E-state index in [1.54, 1.807) is 0 Å². The first-order valence-corrected chi connectivity index (χ1v) is 4.26. The number of fused-ring (bicyclic) bond motifs is 3. The maximum absolute atomic E-state index is 5.50. The SMILES string of the molecule is CO[N+]12CCC(CC1)CC2.[I-]. The molecule has 11 heavy (non-hydrogen) atoms. The Bertz CT molecular complexity index is 118. The summed E-state index contributed by atoms with van der Waals surface area (Å²) in [4.78, 5) is 5.50. The van der Waals surface area contributed by atoms with E-state index in [4.69, 9.17) is 4.84 Å². The molecule has 0 aromatic heterocycles. The lowest BCUT2D eigenvalue weighted by Crippen LogP contribution is -3.00. The molecule has 0 spiro atoms. The molecule has 3 aliphatic rings. The minimum atomic E-state index is 0. The summed E-state index contributed by atoms with van der Waals surface area (Å²) in [6.07, 6.45) is 4.19. The first-order chi connectivity index (χ1) is 4.85. The molecule has 3 saturated heterocycles. The van der Waals surface area contributed by atoms with Crippen LogP contribution in [0, 0.1) is 5.92 Å². The number of halogens is 1. The van der Waals surface area contributed by atoms with Gasteiger partial charge in [-0.1, -0.05) is 0 Å².